The van der Waals surface area contributed by atoms with Gasteiger partial charge < -0.3 is 39.0 Å². The fourth-order valence-electron chi connectivity index (χ4n) is 4.27. The van der Waals surface area contributed by atoms with Crippen LogP contribution in [0.5, 0.6) is 5.75 Å². The third-order valence-corrected chi connectivity index (χ3v) is 6.29. The van der Waals surface area contributed by atoms with Crippen molar-refractivity contribution in [2.24, 2.45) is 0 Å². The van der Waals surface area contributed by atoms with Crippen LogP contribution in [0.1, 0.15) is 16.7 Å². The minimum absolute atomic E-state index is 0.179. The fourth-order valence-corrected chi connectivity index (χ4v) is 4.27. The van der Waals surface area contributed by atoms with Crippen LogP contribution in [0.25, 0.3) is 0 Å². The topological polar surface area (TPSA) is 107 Å². The highest BCUT2D eigenvalue weighted by atomic mass is 16.7. The van der Waals surface area contributed by atoms with E-state index in [0.29, 0.717) is 0 Å². The van der Waals surface area contributed by atoms with Crippen LogP contribution in [-0.2, 0) is 38.8 Å². The van der Waals surface area contributed by atoms with Crippen molar-refractivity contribution in [3.63, 3.8) is 0 Å². The Labute approximate surface area is 217 Å². The minimum atomic E-state index is -1.42. The maximum Gasteiger partial charge on any atom is 0.184 e. The highest BCUT2D eigenvalue weighted by Gasteiger charge is 2.50. The van der Waals surface area contributed by atoms with Gasteiger partial charge in [-0.2, -0.15) is 0 Å². The van der Waals surface area contributed by atoms with Gasteiger partial charge in [-0.1, -0.05) is 72.8 Å². The number of ether oxygens (including phenoxy) is 5. The summed E-state index contributed by atoms with van der Waals surface area (Å²) in [5, 5.41) is 31.1. The SMILES string of the molecule is COc1ccc(CO[C@H]2[C@@H](OCc3ccccc3)[C@H](OCc3ccccc3)[C@@H]([C@H](O)CO)O[C@@H]2O)cc1. The van der Waals surface area contributed by atoms with Crippen molar-refractivity contribution in [1.29, 1.82) is 0 Å². The fraction of sp³-hybridized carbons (Fsp3) is 0.379. The van der Waals surface area contributed by atoms with E-state index in [4.69, 9.17) is 23.7 Å². The van der Waals surface area contributed by atoms with Gasteiger partial charge in [-0.3, -0.25) is 0 Å². The molecule has 0 bridgehead atoms. The summed E-state index contributed by atoms with van der Waals surface area (Å²) in [5.41, 5.74) is 2.72. The van der Waals surface area contributed by atoms with E-state index in [9.17, 15) is 15.3 Å². The van der Waals surface area contributed by atoms with Crippen molar-refractivity contribution < 1.29 is 39.0 Å². The molecule has 3 aromatic rings. The van der Waals surface area contributed by atoms with Gasteiger partial charge in [0.25, 0.3) is 0 Å². The van der Waals surface area contributed by atoms with Crippen molar-refractivity contribution in [1.82, 2.24) is 0 Å². The molecule has 1 fully saturated rings. The molecule has 37 heavy (non-hydrogen) atoms. The maximum atomic E-state index is 10.9. The number of hydrogen-bond donors (Lipinski definition) is 3. The second-order valence-electron chi connectivity index (χ2n) is 8.89. The second-order valence-corrected chi connectivity index (χ2v) is 8.89. The van der Waals surface area contributed by atoms with Crippen LogP contribution < -0.4 is 4.74 Å². The van der Waals surface area contributed by atoms with E-state index in [2.05, 4.69) is 0 Å². The average molecular weight is 511 g/mol. The number of aliphatic hydroxyl groups excluding tert-OH is 3. The molecule has 0 amide bonds. The predicted molar refractivity (Wildman–Crippen MR) is 136 cm³/mol. The lowest BCUT2D eigenvalue weighted by Gasteiger charge is -2.45. The summed E-state index contributed by atoms with van der Waals surface area (Å²) in [5.74, 6) is 0.726. The molecule has 6 atom stereocenters. The van der Waals surface area contributed by atoms with Crippen molar-refractivity contribution >= 4 is 0 Å². The summed E-state index contributed by atoms with van der Waals surface area (Å²) in [6.07, 6.45) is -6.31. The first kappa shape index (κ1) is 27.2. The van der Waals surface area contributed by atoms with E-state index in [0.717, 1.165) is 22.4 Å². The molecule has 3 aromatic carbocycles. The number of methoxy groups -OCH3 is 1. The summed E-state index contributed by atoms with van der Waals surface area (Å²) < 4.78 is 29.6. The summed E-state index contributed by atoms with van der Waals surface area (Å²) in [6, 6.07) is 26.6. The molecule has 1 aliphatic rings. The summed E-state index contributed by atoms with van der Waals surface area (Å²) in [7, 11) is 1.60. The van der Waals surface area contributed by atoms with Gasteiger partial charge in [0, 0.05) is 0 Å². The standard InChI is InChI=1S/C29H34O8/c1-33-23-14-12-22(13-15-23)19-36-28-27(35-18-21-10-6-3-7-11-21)26(25(24(31)16-30)37-29(28)32)34-17-20-8-4-2-5-9-20/h2-15,24-32H,16-19H2,1H3/t24-,25-,26-,27+,28+,29+/m1/s1. The molecular weight excluding hydrogens is 476 g/mol. The Morgan fingerprint density at radius 3 is 1.70 bits per heavy atom. The highest BCUT2D eigenvalue weighted by molar-refractivity contribution is 5.26. The highest BCUT2D eigenvalue weighted by Crippen LogP contribution is 2.31. The molecule has 0 spiro atoms. The molecule has 3 N–H and O–H groups in total. The predicted octanol–water partition coefficient (Wildman–Crippen LogP) is 2.82. The normalized spacial score (nSPS) is 24.5. The molecule has 0 aromatic heterocycles. The van der Waals surface area contributed by atoms with Crippen LogP contribution in [0.15, 0.2) is 84.9 Å². The molecule has 1 aliphatic heterocycles. The average Bonchev–Trinajstić information content (AvgIpc) is 2.95. The van der Waals surface area contributed by atoms with Crippen LogP contribution in [-0.4, -0.2) is 65.8 Å². The van der Waals surface area contributed by atoms with Crippen molar-refractivity contribution in [3.05, 3.63) is 102 Å². The van der Waals surface area contributed by atoms with E-state index < -0.39 is 43.4 Å². The van der Waals surface area contributed by atoms with Crippen molar-refractivity contribution in [2.45, 2.75) is 56.6 Å². The Bertz CT molecular complexity index is 1050. The lowest BCUT2D eigenvalue weighted by Crippen LogP contribution is -2.63. The number of rotatable bonds is 12. The summed E-state index contributed by atoms with van der Waals surface area (Å²) >= 11 is 0. The second kappa shape index (κ2) is 13.6. The van der Waals surface area contributed by atoms with Crippen molar-refractivity contribution in [3.8, 4) is 5.75 Å². The van der Waals surface area contributed by atoms with E-state index in [1.165, 1.54) is 0 Å². The van der Waals surface area contributed by atoms with E-state index >= 15 is 0 Å². The van der Waals surface area contributed by atoms with Crippen LogP contribution in [0.3, 0.4) is 0 Å². The Balaban J connectivity index is 1.57. The Morgan fingerprint density at radius 2 is 1.19 bits per heavy atom. The van der Waals surface area contributed by atoms with Crippen LogP contribution in [0.4, 0.5) is 0 Å². The van der Waals surface area contributed by atoms with Gasteiger partial charge in [-0.05, 0) is 28.8 Å². The maximum absolute atomic E-state index is 10.9. The smallest absolute Gasteiger partial charge is 0.184 e. The van der Waals surface area contributed by atoms with E-state index in [1.807, 2.05) is 84.9 Å². The minimum Gasteiger partial charge on any atom is -0.497 e. The van der Waals surface area contributed by atoms with Crippen LogP contribution >= 0.6 is 0 Å². The molecule has 8 nitrogen and oxygen atoms in total. The zero-order valence-corrected chi connectivity index (χ0v) is 20.8. The van der Waals surface area contributed by atoms with Gasteiger partial charge in [0.2, 0.25) is 0 Å². The first-order valence-corrected chi connectivity index (χ1v) is 12.3. The van der Waals surface area contributed by atoms with E-state index in [1.54, 1.807) is 7.11 Å². The summed E-state index contributed by atoms with van der Waals surface area (Å²) in [6.45, 7) is 0.0635. The summed E-state index contributed by atoms with van der Waals surface area (Å²) in [4.78, 5) is 0. The van der Waals surface area contributed by atoms with E-state index in [-0.39, 0.29) is 19.8 Å². The zero-order chi connectivity index (χ0) is 26.0. The number of aliphatic hydroxyl groups is 3. The first-order valence-electron chi connectivity index (χ1n) is 12.3. The molecule has 1 heterocycles. The number of benzene rings is 3. The lowest BCUT2D eigenvalue weighted by molar-refractivity contribution is -0.325. The molecule has 0 radical (unpaired) electrons. The molecule has 1 saturated heterocycles. The largest absolute Gasteiger partial charge is 0.497 e. The first-order chi connectivity index (χ1) is 18.1. The molecule has 8 heteroatoms. The number of hydrogen-bond acceptors (Lipinski definition) is 8. The Morgan fingerprint density at radius 1 is 0.703 bits per heavy atom. The molecule has 0 aliphatic carbocycles. The van der Waals surface area contributed by atoms with Crippen LogP contribution in [0, 0.1) is 0 Å². The van der Waals surface area contributed by atoms with Gasteiger partial charge in [0.1, 0.15) is 36.3 Å². The Kier molecular flexibility index (Phi) is 10.0. The molecule has 0 saturated carbocycles. The van der Waals surface area contributed by atoms with Gasteiger partial charge >= 0.3 is 0 Å². The monoisotopic (exact) mass is 510 g/mol. The molecular formula is C29H34O8. The molecule has 4 rings (SSSR count). The lowest BCUT2D eigenvalue weighted by atomic mass is 9.94. The third-order valence-electron chi connectivity index (χ3n) is 6.29. The van der Waals surface area contributed by atoms with Crippen molar-refractivity contribution in [2.75, 3.05) is 13.7 Å². The van der Waals surface area contributed by atoms with Gasteiger partial charge in [-0.25, -0.2) is 0 Å². The third kappa shape index (κ3) is 7.37. The molecule has 0 unspecified atom stereocenters. The quantitative estimate of drug-likeness (QED) is 0.342. The zero-order valence-electron chi connectivity index (χ0n) is 20.8. The molecule has 198 valence electrons. The van der Waals surface area contributed by atoms with Gasteiger partial charge in [0.15, 0.2) is 6.29 Å². The van der Waals surface area contributed by atoms with Crippen LogP contribution in [0.2, 0.25) is 0 Å². The van der Waals surface area contributed by atoms with Gasteiger partial charge in [0.05, 0.1) is 33.5 Å². The Hall–Kier alpha value is -2.82. The van der Waals surface area contributed by atoms with Gasteiger partial charge in [-0.15, -0.1) is 0 Å².